The molecular formula is C19H11NO6. The Morgan fingerprint density at radius 2 is 1.69 bits per heavy atom. The third kappa shape index (κ3) is 2.14. The molecular weight excluding hydrogens is 338 g/mol. The fourth-order valence-electron chi connectivity index (χ4n) is 2.93. The van der Waals surface area contributed by atoms with Gasteiger partial charge >= 0.3 is 11.9 Å². The predicted octanol–water partition coefficient (Wildman–Crippen LogP) is 1.67. The van der Waals surface area contributed by atoms with Crippen LogP contribution < -0.4 is 14.4 Å². The Hall–Kier alpha value is -3.74. The van der Waals surface area contributed by atoms with Crippen molar-refractivity contribution in [2.24, 2.45) is 0 Å². The Morgan fingerprint density at radius 1 is 1.00 bits per heavy atom. The Morgan fingerprint density at radius 3 is 2.38 bits per heavy atom. The number of ketones is 2. The zero-order valence-corrected chi connectivity index (χ0v) is 13.5. The second-order valence-electron chi connectivity index (χ2n) is 5.61. The van der Waals surface area contributed by atoms with Gasteiger partial charge in [0, 0.05) is 5.56 Å². The molecule has 1 amide bonds. The number of methoxy groups -OCH3 is 1. The highest BCUT2D eigenvalue weighted by Gasteiger charge is 2.49. The molecule has 7 nitrogen and oxygen atoms in total. The summed E-state index contributed by atoms with van der Waals surface area (Å²) in [5, 5.41) is 0. The van der Waals surface area contributed by atoms with Crippen LogP contribution in [0.1, 0.15) is 10.4 Å². The highest BCUT2D eigenvalue weighted by atomic mass is 16.5. The maximum Gasteiger partial charge on any atom is 0.361 e. The van der Waals surface area contributed by atoms with Crippen molar-refractivity contribution in [3.8, 4) is 11.5 Å². The van der Waals surface area contributed by atoms with E-state index in [2.05, 4.69) is 0 Å². The second-order valence-corrected chi connectivity index (χ2v) is 5.61. The number of fused-ring (bicyclic) bond motifs is 3. The summed E-state index contributed by atoms with van der Waals surface area (Å²) >= 11 is 0. The van der Waals surface area contributed by atoms with Crippen molar-refractivity contribution in [1.29, 1.82) is 0 Å². The number of benzene rings is 2. The largest absolute Gasteiger partial charge is 0.497 e. The first-order valence-corrected chi connectivity index (χ1v) is 7.66. The molecule has 0 bridgehead atoms. The van der Waals surface area contributed by atoms with Gasteiger partial charge in [-0.05, 0) is 36.4 Å². The highest BCUT2D eigenvalue weighted by molar-refractivity contribution is 6.59. The van der Waals surface area contributed by atoms with Gasteiger partial charge in [-0.25, -0.2) is 4.79 Å². The Bertz CT molecular complexity index is 1020. The van der Waals surface area contributed by atoms with Gasteiger partial charge in [0.15, 0.2) is 17.2 Å². The van der Waals surface area contributed by atoms with Crippen molar-refractivity contribution >= 4 is 29.1 Å². The van der Waals surface area contributed by atoms with Gasteiger partial charge in [0.2, 0.25) is 0 Å². The molecule has 2 heterocycles. The smallest absolute Gasteiger partial charge is 0.361 e. The van der Waals surface area contributed by atoms with E-state index in [0.717, 1.165) is 4.90 Å². The first-order valence-electron chi connectivity index (χ1n) is 7.66. The van der Waals surface area contributed by atoms with Crippen LogP contribution in [0.2, 0.25) is 0 Å². The third-order valence-corrected chi connectivity index (χ3v) is 4.17. The zero-order valence-electron chi connectivity index (χ0n) is 13.5. The highest BCUT2D eigenvalue weighted by Crippen LogP contribution is 2.40. The third-order valence-electron chi connectivity index (χ3n) is 4.17. The van der Waals surface area contributed by atoms with Crippen LogP contribution in [0.15, 0.2) is 59.8 Å². The number of hydrogen-bond donors (Lipinski definition) is 0. The van der Waals surface area contributed by atoms with E-state index in [1.165, 1.54) is 31.4 Å². The van der Waals surface area contributed by atoms with E-state index in [9.17, 15) is 19.2 Å². The van der Waals surface area contributed by atoms with E-state index in [0.29, 0.717) is 5.75 Å². The van der Waals surface area contributed by atoms with E-state index in [-0.39, 0.29) is 22.7 Å². The number of amides is 1. The number of carbonyl (C=O) groups is 4. The standard InChI is InChI=1S/C19H11NO6/c1-25-11-8-6-10(7-9-11)16(21)14-15-19(24)26-13-5-3-2-4-12(13)20(15)18(23)17(14)22/h2-9H,1H3. The molecule has 0 N–H and O–H groups in total. The molecule has 128 valence electrons. The maximum absolute atomic E-state index is 12.8. The Balaban J connectivity index is 1.86. The minimum atomic E-state index is -1.03. The van der Waals surface area contributed by atoms with Crippen molar-refractivity contribution in [1.82, 2.24) is 0 Å². The van der Waals surface area contributed by atoms with Crippen LogP contribution in [0.5, 0.6) is 11.5 Å². The number of hydrogen-bond acceptors (Lipinski definition) is 6. The molecule has 4 rings (SSSR count). The van der Waals surface area contributed by atoms with Gasteiger partial charge in [-0.2, -0.15) is 0 Å². The van der Waals surface area contributed by atoms with Crippen LogP contribution >= 0.6 is 0 Å². The Kier molecular flexibility index (Phi) is 3.43. The Labute approximate surface area is 147 Å². The number of rotatable bonds is 3. The SMILES string of the molecule is COc1ccc(C(=O)C2=C3C(=O)Oc4ccccc4N3C(=O)C2=O)cc1. The molecule has 0 aromatic heterocycles. The maximum atomic E-state index is 12.8. The summed E-state index contributed by atoms with van der Waals surface area (Å²) in [6.07, 6.45) is 0. The van der Waals surface area contributed by atoms with Crippen molar-refractivity contribution in [3.63, 3.8) is 0 Å². The van der Waals surface area contributed by atoms with Gasteiger partial charge in [0.25, 0.3) is 5.78 Å². The molecule has 0 atom stereocenters. The number of carbonyl (C=O) groups excluding carboxylic acids is 4. The molecule has 2 aromatic rings. The monoisotopic (exact) mass is 349 g/mol. The van der Waals surface area contributed by atoms with Crippen LogP contribution in [0.4, 0.5) is 5.69 Å². The normalized spacial score (nSPS) is 15.6. The number of esters is 1. The molecule has 7 heteroatoms. The summed E-state index contributed by atoms with van der Waals surface area (Å²) in [5.74, 6) is -2.95. The summed E-state index contributed by atoms with van der Waals surface area (Å²) in [4.78, 5) is 51.0. The summed E-state index contributed by atoms with van der Waals surface area (Å²) in [7, 11) is 1.48. The van der Waals surface area contributed by atoms with E-state index in [1.54, 1.807) is 24.3 Å². The van der Waals surface area contributed by atoms with Crippen molar-refractivity contribution < 1.29 is 28.7 Å². The molecule has 2 aromatic carbocycles. The van der Waals surface area contributed by atoms with Gasteiger partial charge in [-0.3, -0.25) is 19.3 Å². The molecule has 0 saturated heterocycles. The van der Waals surface area contributed by atoms with E-state index in [1.807, 2.05) is 0 Å². The first-order chi connectivity index (χ1) is 12.5. The number of ether oxygens (including phenoxy) is 2. The fraction of sp³-hybridized carbons (Fsp3) is 0.0526. The van der Waals surface area contributed by atoms with Gasteiger partial charge in [-0.1, -0.05) is 12.1 Å². The lowest BCUT2D eigenvalue weighted by molar-refractivity contribution is -0.133. The van der Waals surface area contributed by atoms with Crippen LogP contribution in [0.25, 0.3) is 0 Å². The lowest BCUT2D eigenvalue weighted by atomic mass is 9.99. The van der Waals surface area contributed by atoms with Crippen LogP contribution in [0.3, 0.4) is 0 Å². The summed E-state index contributed by atoms with van der Waals surface area (Å²) in [6.45, 7) is 0. The first kappa shape index (κ1) is 15.8. The second kappa shape index (κ2) is 5.66. The van der Waals surface area contributed by atoms with Gasteiger partial charge < -0.3 is 9.47 Å². The average molecular weight is 349 g/mol. The van der Waals surface area contributed by atoms with E-state index >= 15 is 0 Å². The number of anilines is 1. The molecule has 26 heavy (non-hydrogen) atoms. The quantitative estimate of drug-likeness (QED) is 0.275. The molecule has 2 aliphatic rings. The average Bonchev–Trinajstić information content (AvgIpc) is 2.93. The summed E-state index contributed by atoms with van der Waals surface area (Å²) in [6, 6.07) is 12.3. The molecule has 0 fully saturated rings. The van der Waals surface area contributed by atoms with Gasteiger partial charge in [-0.15, -0.1) is 0 Å². The topological polar surface area (TPSA) is 90.0 Å². The lowest BCUT2D eigenvalue weighted by Gasteiger charge is -2.25. The van der Waals surface area contributed by atoms with Gasteiger partial charge in [0.1, 0.15) is 11.3 Å². The number of nitrogens with zero attached hydrogens (tertiary/aromatic N) is 1. The van der Waals surface area contributed by atoms with E-state index in [4.69, 9.17) is 9.47 Å². The molecule has 0 saturated carbocycles. The molecule has 0 radical (unpaired) electrons. The lowest BCUT2D eigenvalue weighted by Crippen LogP contribution is -2.36. The van der Waals surface area contributed by atoms with Crippen molar-refractivity contribution in [2.75, 3.05) is 12.0 Å². The molecule has 2 aliphatic heterocycles. The molecule has 0 unspecified atom stereocenters. The van der Waals surface area contributed by atoms with Crippen LogP contribution in [-0.2, 0) is 14.4 Å². The fourth-order valence-corrected chi connectivity index (χ4v) is 2.93. The van der Waals surface area contributed by atoms with Crippen LogP contribution in [0, 0.1) is 0 Å². The zero-order chi connectivity index (χ0) is 18.4. The predicted molar refractivity (Wildman–Crippen MR) is 88.9 cm³/mol. The minimum Gasteiger partial charge on any atom is -0.497 e. The minimum absolute atomic E-state index is 0.153. The number of Topliss-reactive ketones (excluding diaryl/α,β-unsaturated/α-hetero) is 2. The molecule has 0 spiro atoms. The van der Waals surface area contributed by atoms with Crippen molar-refractivity contribution in [3.05, 3.63) is 65.4 Å². The van der Waals surface area contributed by atoms with E-state index < -0.39 is 29.0 Å². The van der Waals surface area contributed by atoms with Gasteiger partial charge in [0.05, 0.1) is 12.8 Å². The molecule has 0 aliphatic carbocycles. The van der Waals surface area contributed by atoms with Crippen molar-refractivity contribution in [2.45, 2.75) is 0 Å². The van der Waals surface area contributed by atoms with Crippen LogP contribution in [-0.4, -0.2) is 30.6 Å². The number of para-hydroxylation sites is 2. The summed E-state index contributed by atoms with van der Waals surface area (Å²) in [5.41, 5.74) is -0.430. The summed E-state index contributed by atoms with van der Waals surface area (Å²) < 4.78 is 10.2.